The molecule has 0 aliphatic rings. The van der Waals surface area contributed by atoms with Crippen LogP contribution in [0, 0.1) is 6.92 Å². The van der Waals surface area contributed by atoms with E-state index in [1.165, 1.54) is 0 Å². The number of aliphatic hydroxyl groups is 1. The number of methoxy groups -OCH3 is 1. The maximum atomic E-state index is 10.4. The number of hydrogen-bond donors (Lipinski definition) is 1. The largest absolute Gasteiger partial charge is 0.497 e. The zero-order valence-electron chi connectivity index (χ0n) is 10.9. The number of hydrogen-bond acceptors (Lipinski definition) is 3. The molecule has 2 rings (SSSR count). The van der Waals surface area contributed by atoms with Gasteiger partial charge in [0.15, 0.2) is 0 Å². The topological polar surface area (TPSA) is 47.3 Å². The highest BCUT2D eigenvalue weighted by Gasteiger charge is 2.16. The number of aliphatic hydroxyl groups excluding tert-OH is 1. The predicted molar refractivity (Wildman–Crippen MR) is 69.7 cm³/mol. The summed E-state index contributed by atoms with van der Waals surface area (Å²) in [6.45, 7) is 4.68. The lowest BCUT2D eigenvalue weighted by Gasteiger charge is -2.13. The lowest BCUT2D eigenvalue weighted by Crippen LogP contribution is -2.09. The maximum Gasteiger partial charge on any atom is 0.121 e. The third kappa shape index (κ3) is 2.38. The first-order valence-corrected chi connectivity index (χ1v) is 6.02. The number of ether oxygens (including phenoxy) is 1. The van der Waals surface area contributed by atoms with Crippen LogP contribution in [-0.4, -0.2) is 22.0 Å². The van der Waals surface area contributed by atoms with Gasteiger partial charge in [-0.2, -0.15) is 5.10 Å². The van der Waals surface area contributed by atoms with Crippen molar-refractivity contribution in [3.05, 3.63) is 47.3 Å². The molecule has 1 aromatic heterocycles. The molecule has 1 unspecified atom stereocenters. The SMILES string of the molecule is CCn1nc(C)cc1C(O)c1ccc(OC)cc1. The van der Waals surface area contributed by atoms with Gasteiger partial charge >= 0.3 is 0 Å². The van der Waals surface area contributed by atoms with Gasteiger partial charge in [0.05, 0.1) is 18.5 Å². The van der Waals surface area contributed by atoms with Gasteiger partial charge in [0, 0.05) is 6.54 Å². The molecule has 1 heterocycles. The molecule has 0 fully saturated rings. The Morgan fingerprint density at radius 1 is 1.33 bits per heavy atom. The second-order valence-electron chi connectivity index (χ2n) is 4.20. The monoisotopic (exact) mass is 246 g/mol. The maximum absolute atomic E-state index is 10.4. The van der Waals surface area contributed by atoms with Crippen LogP contribution in [0.5, 0.6) is 5.75 Å². The van der Waals surface area contributed by atoms with Gasteiger partial charge in [-0.3, -0.25) is 4.68 Å². The average molecular weight is 246 g/mol. The van der Waals surface area contributed by atoms with Crippen LogP contribution < -0.4 is 4.74 Å². The van der Waals surface area contributed by atoms with Crippen LogP contribution >= 0.6 is 0 Å². The standard InChI is InChI=1S/C14H18N2O2/c1-4-16-13(9-10(2)15-16)14(17)11-5-7-12(18-3)8-6-11/h5-9,14,17H,4H2,1-3H3. The second-order valence-corrected chi connectivity index (χ2v) is 4.20. The van der Waals surface area contributed by atoms with Gasteiger partial charge in [-0.05, 0) is 37.6 Å². The summed E-state index contributed by atoms with van der Waals surface area (Å²) in [5.41, 5.74) is 2.57. The van der Waals surface area contributed by atoms with Crippen molar-refractivity contribution >= 4 is 0 Å². The minimum atomic E-state index is -0.656. The van der Waals surface area contributed by atoms with Gasteiger partial charge < -0.3 is 9.84 Å². The Balaban J connectivity index is 2.31. The van der Waals surface area contributed by atoms with E-state index in [9.17, 15) is 5.11 Å². The Kier molecular flexibility index (Phi) is 3.67. The van der Waals surface area contributed by atoms with E-state index in [0.29, 0.717) is 0 Å². The van der Waals surface area contributed by atoms with Crippen LogP contribution in [-0.2, 0) is 6.54 Å². The molecule has 0 aliphatic heterocycles. The Bertz CT molecular complexity index is 517. The van der Waals surface area contributed by atoms with Gasteiger partial charge in [0.2, 0.25) is 0 Å². The number of benzene rings is 1. The highest BCUT2D eigenvalue weighted by atomic mass is 16.5. The molecule has 0 aliphatic carbocycles. The third-order valence-corrected chi connectivity index (χ3v) is 2.94. The minimum absolute atomic E-state index is 0.656. The smallest absolute Gasteiger partial charge is 0.121 e. The fourth-order valence-electron chi connectivity index (χ4n) is 2.00. The molecule has 1 atom stereocenters. The highest BCUT2D eigenvalue weighted by Crippen LogP contribution is 2.24. The Morgan fingerprint density at radius 3 is 2.56 bits per heavy atom. The fourth-order valence-corrected chi connectivity index (χ4v) is 2.00. The van der Waals surface area contributed by atoms with Gasteiger partial charge in [-0.15, -0.1) is 0 Å². The number of nitrogens with zero attached hydrogens (tertiary/aromatic N) is 2. The third-order valence-electron chi connectivity index (χ3n) is 2.94. The normalized spacial score (nSPS) is 12.4. The zero-order chi connectivity index (χ0) is 13.1. The first-order chi connectivity index (χ1) is 8.65. The van der Waals surface area contributed by atoms with Crippen LogP contribution in [0.15, 0.2) is 30.3 Å². The quantitative estimate of drug-likeness (QED) is 0.900. The highest BCUT2D eigenvalue weighted by molar-refractivity contribution is 5.32. The molecular weight excluding hydrogens is 228 g/mol. The molecule has 4 nitrogen and oxygen atoms in total. The van der Waals surface area contributed by atoms with E-state index in [-0.39, 0.29) is 0 Å². The van der Waals surface area contributed by atoms with Crippen molar-refractivity contribution in [3.8, 4) is 5.75 Å². The van der Waals surface area contributed by atoms with Crippen molar-refractivity contribution < 1.29 is 9.84 Å². The summed E-state index contributed by atoms with van der Waals surface area (Å²) < 4.78 is 6.93. The van der Waals surface area contributed by atoms with Crippen molar-refractivity contribution in [2.24, 2.45) is 0 Å². The Hall–Kier alpha value is -1.81. The van der Waals surface area contributed by atoms with Crippen molar-refractivity contribution in [2.75, 3.05) is 7.11 Å². The summed E-state index contributed by atoms with van der Waals surface area (Å²) >= 11 is 0. The van der Waals surface area contributed by atoms with Gasteiger partial charge in [-0.25, -0.2) is 0 Å². The summed E-state index contributed by atoms with van der Waals surface area (Å²) in [5.74, 6) is 0.783. The molecule has 0 spiro atoms. The summed E-state index contributed by atoms with van der Waals surface area (Å²) in [6, 6.07) is 9.34. The average Bonchev–Trinajstić information content (AvgIpc) is 2.79. The van der Waals surface area contributed by atoms with E-state index in [1.54, 1.807) is 7.11 Å². The van der Waals surface area contributed by atoms with Gasteiger partial charge in [-0.1, -0.05) is 12.1 Å². The number of aryl methyl sites for hydroxylation is 2. The molecular formula is C14H18N2O2. The van der Waals surface area contributed by atoms with E-state index in [2.05, 4.69) is 5.10 Å². The molecule has 0 bridgehead atoms. The lowest BCUT2D eigenvalue weighted by molar-refractivity contribution is 0.208. The summed E-state index contributed by atoms with van der Waals surface area (Å²) in [5, 5.41) is 14.7. The van der Waals surface area contributed by atoms with Crippen molar-refractivity contribution in [1.29, 1.82) is 0 Å². The predicted octanol–water partition coefficient (Wildman–Crippen LogP) is 2.30. The molecule has 0 radical (unpaired) electrons. The summed E-state index contributed by atoms with van der Waals surface area (Å²) in [7, 11) is 1.63. The zero-order valence-corrected chi connectivity index (χ0v) is 10.9. The molecule has 96 valence electrons. The summed E-state index contributed by atoms with van der Waals surface area (Å²) in [6.07, 6.45) is -0.656. The Labute approximate surface area is 107 Å². The molecule has 4 heteroatoms. The van der Waals surface area contributed by atoms with Gasteiger partial charge in [0.25, 0.3) is 0 Å². The van der Waals surface area contributed by atoms with E-state index >= 15 is 0 Å². The number of rotatable bonds is 4. The molecule has 1 N–H and O–H groups in total. The van der Waals surface area contributed by atoms with Crippen LogP contribution in [0.25, 0.3) is 0 Å². The molecule has 18 heavy (non-hydrogen) atoms. The molecule has 0 saturated heterocycles. The Morgan fingerprint density at radius 2 is 2.00 bits per heavy atom. The van der Waals surface area contributed by atoms with Crippen molar-refractivity contribution in [2.45, 2.75) is 26.5 Å². The van der Waals surface area contributed by atoms with Gasteiger partial charge in [0.1, 0.15) is 11.9 Å². The van der Waals surface area contributed by atoms with Crippen molar-refractivity contribution in [3.63, 3.8) is 0 Å². The van der Waals surface area contributed by atoms with Crippen LogP contribution in [0.4, 0.5) is 0 Å². The summed E-state index contributed by atoms with van der Waals surface area (Å²) in [4.78, 5) is 0. The molecule has 2 aromatic rings. The van der Waals surface area contributed by atoms with E-state index in [1.807, 2.05) is 48.9 Å². The van der Waals surface area contributed by atoms with Crippen LogP contribution in [0.3, 0.4) is 0 Å². The molecule has 0 saturated carbocycles. The first-order valence-electron chi connectivity index (χ1n) is 6.02. The first kappa shape index (κ1) is 12.6. The van der Waals surface area contributed by atoms with Crippen LogP contribution in [0.2, 0.25) is 0 Å². The fraction of sp³-hybridized carbons (Fsp3) is 0.357. The number of aromatic nitrogens is 2. The second kappa shape index (κ2) is 5.23. The lowest BCUT2D eigenvalue weighted by atomic mass is 10.1. The van der Waals surface area contributed by atoms with Crippen molar-refractivity contribution in [1.82, 2.24) is 9.78 Å². The van der Waals surface area contributed by atoms with E-state index < -0.39 is 6.10 Å². The minimum Gasteiger partial charge on any atom is -0.497 e. The van der Waals surface area contributed by atoms with E-state index in [4.69, 9.17) is 4.74 Å². The van der Waals surface area contributed by atoms with Crippen LogP contribution in [0.1, 0.15) is 30.0 Å². The molecule has 1 aromatic carbocycles. The molecule has 0 amide bonds. The van der Waals surface area contributed by atoms with E-state index in [0.717, 1.165) is 29.2 Å².